The fraction of sp³-hybridized carbons (Fsp3) is 0.455. The van der Waals surface area contributed by atoms with Crippen LogP contribution < -0.4 is 4.90 Å². The lowest BCUT2D eigenvalue weighted by Crippen LogP contribution is -2.27. The first-order chi connectivity index (χ1) is 9.13. The van der Waals surface area contributed by atoms with Crippen LogP contribution in [0.2, 0.25) is 0 Å². The van der Waals surface area contributed by atoms with Gasteiger partial charge in [-0.2, -0.15) is 0 Å². The first-order valence-corrected chi connectivity index (χ1v) is 6.74. The number of amides is 1. The second-order valence-corrected chi connectivity index (χ2v) is 4.79. The summed E-state index contributed by atoms with van der Waals surface area (Å²) in [5.74, 6) is -0.0216. The number of hydrogen-bond donors (Lipinski definition) is 1. The summed E-state index contributed by atoms with van der Waals surface area (Å²) in [6.07, 6.45) is 1.67. The van der Waals surface area contributed by atoms with Gasteiger partial charge in [0.25, 0.3) is 0 Å². The summed E-state index contributed by atoms with van der Waals surface area (Å²) in [4.78, 5) is 17.4. The molecule has 0 aliphatic rings. The number of rotatable bonds is 5. The van der Waals surface area contributed by atoms with E-state index in [9.17, 15) is 4.79 Å². The molecular weight excluding hydrogens is 266 g/mol. The number of aliphatic hydroxyl groups excluding tert-OH is 1. The van der Waals surface area contributed by atoms with Crippen LogP contribution in [0.3, 0.4) is 0 Å². The van der Waals surface area contributed by atoms with Crippen LogP contribution in [0.4, 0.5) is 5.13 Å². The molecule has 2 heterocycles. The van der Waals surface area contributed by atoms with Gasteiger partial charge in [-0.15, -0.1) is 16.4 Å². The molecule has 0 aliphatic heterocycles. The molecular formula is C11H15N5O2S. The summed E-state index contributed by atoms with van der Waals surface area (Å²) in [5.41, 5.74) is 1.34. The molecule has 8 heteroatoms. The Bertz CT molecular complexity index is 565. The molecule has 0 saturated carbocycles. The van der Waals surface area contributed by atoms with Gasteiger partial charge in [-0.25, -0.2) is 9.67 Å². The highest BCUT2D eigenvalue weighted by Crippen LogP contribution is 2.21. The van der Waals surface area contributed by atoms with Crippen molar-refractivity contribution in [1.82, 2.24) is 20.0 Å². The van der Waals surface area contributed by atoms with Crippen LogP contribution in [0.25, 0.3) is 0 Å². The Morgan fingerprint density at radius 3 is 2.89 bits per heavy atom. The second-order valence-electron chi connectivity index (χ2n) is 3.95. The van der Waals surface area contributed by atoms with Gasteiger partial charge in [0, 0.05) is 18.8 Å². The highest BCUT2D eigenvalue weighted by molar-refractivity contribution is 7.14. The van der Waals surface area contributed by atoms with Gasteiger partial charge in [0.15, 0.2) is 5.13 Å². The number of carbonyl (C=O) groups is 1. The lowest BCUT2D eigenvalue weighted by molar-refractivity contribution is -0.116. The quantitative estimate of drug-likeness (QED) is 0.869. The van der Waals surface area contributed by atoms with Crippen molar-refractivity contribution in [2.24, 2.45) is 0 Å². The first kappa shape index (κ1) is 13.6. The Hall–Kier alpha value is -1.80. The minimum atomic E-state index is -0.129. The molecule has 2 aromatic heterocycles. The molecule has 1 amide bonds. The number of carbonyl (C=O) groups excluding carboxylic acids is 1. The maximum Gasteiger partial charge on any atom is 0.225 e. The fourth-order valence-electron chi connectivity index (χ4n) is 1.64. The number of aliphatic hydroxyl groups is 1. The Morgan fingerprint density at radius 2 is 2.32 bits per heavy atom. The molecule has 0 saturated heterocycles. The zero-order valence-electron chi connectivity index (χ0n) is 10.8. The fourth-order valence-corrected chi connectivity index (χ4v) is 2.56. The summed E-state index contributed by atoms with van der Waals surface area (Å²) >= 11 is 1.43. The van der Waals surface area contributed by atoms with E-state index in [-0.39, 0.29) is 12.5 Å². The third-order valence-electron chi connectivity index (χ3n) is 2.54. The van der Waals surface area contributed by atoms with Crippen molar-refractivity contribution in [3.05, 3.63) is 23.0 Å². The molecule has 0 fully saturated rings. The van der Waals surface area contributed by atoms with Gasteiger partial charge in [-0.05, 0) is 6.92 Å². The standard InChI is InChI=1S/C11H15N5O2S/c1-3-16(8(2)18)11-12-10(7-19-11)5-15-4-9(6-17)13-14-15/h4,7,17H,3,5-6H2,1-2H3. The van der Waals surface area contributed by atoms with Gasteiger partial charge in [0.1, 0.15) is 5.69 Å². The molecule has 1 N–H and O–H groups in total. The van der Waals surface area contributed by atoms with Crippen LogP contribution in [0.15, 0.2) is 11.6 Å². The molecule has 2 aromatic rings. The molecule has 0 atom stereocenters. The molecule has 0 bridgehead atoms. The van der Waals surface area contributed by atoms with Crippen LogP contribution >= 0.6 is 11.3 Å². The van der Waals surface area contributed by atoms with Crippen LogP contribution in [0, 0.1) is 0 Å². The third-order valence-corrected chi connectivity index (χ3v) is 3.45. The molecule has 0 spiro atoms. The van der Waals surface area contributed by atoms with Crippen molar-refractivity contribution in [2.45, 2.75) is 27.0 Å². The maximum absolute atomic E-state index is 11.4. The second kappa shape index (κ2) is 5.89. The Morgan fingerprint density at radius 1 is 1.53 bits per heavy atom. The lowest BCUT2D eigenvalue weighted by Gasteiger charge is -2.14. The molecule has 0 unspecified atom stereocenters. The molecule has 0 radical (unpaired) electrons. The van der Waals surface area contributed by atoms with E-state index in [1.54, 1.807) is 15.8 Å². The van der Waals surface area contributed by atoms with Crippen molar-refractivity contribution in [3.8, 4) is 0 Å². The number of anilines is 1. The van der Waals surface area contributed by atoms with E-state index < -0.39 is 0 Å². The summed E-state index contributed by atoms with van der Waals surface area (Å²) < 4.78 is 1.61. The van der Waals surface area contributed by atoms with Crippen LogP contribution in [0.5, 0.6) is 0 Å². The first-order valence-electron chi connectivity index (χ1n) is 5.86. The van der Waals surface area contributed by atoms with E-state index in [1.165, 1.54) is 18.3 Å². The van der Waals surface area contributed by atoms with E-state index >= 15 is 0 Å². The summed E-state index contributed by atoms with van der Waals surface area (Å²) in [5, 5.41) is 19.2. The van der Waals surface area contributed by atoms with E-state index in [0.717, 1.165) is 5.69 Å². The zero-order chi connectivity index (χ0) is 13.8. The van der Waals surface area contributed by atoms with Crippen LogP contribution in [-0.2, 0) is 17.9 Å². The summed E-state index contributed by atoms with van der Waals surface area (Å²) in [7, 11) is 0. The Labute approximate surface area is 114 Å². The topological polar surface area (TPSA) is 84.1 Å². The van der Waals surface area contributed by atoms with E-state index in [2.05, 4.69) is 15.3 Å². The number of aromatic nitrogens is 4. The van der Waals surface area contributed by atoms with Crippen molar-refractivity contribution in [2.75, 3.05) is 11.4 Å². The van der Waals surface area contributed by atoms with Gasteiger partial charge in [-0.3, -0.25) is 9.69 Å². The summed E-state index contributed by atoms with van der Waals surface area (Å²) in [6.45, 7) is 4.37. The van der Waals surface area contributed by atoms with Gasteiger partial charge in [0.2, 0.25) is 5.91 Å². The maximum atomic E-state index is 11.4. The van der Waals surface area contributed by atoms with E-state index in [1.807, 2.05) is 12.3 Å². The Kier molecular flexibility index (Phi) is 4.23. The van der Waals surface area contributed by atoms with E-state index in [0.29, 0.717) is 23.9 Å². The molecule has 0 aromatic carbocycles. The average Bonchev–Trinajstić information content (AvgIpc) is 3.00. The average molecular weight is 281 g/mol. The molecule has 2 rings (SSSR count). The largest absolute Gasteiger partial charge is 0.390 e. The highest BCUT2D eigenvalue weighted by atomic mass is 32.1. The van der Waals surface area contributed by atoms with Crippen molar-refractivity contribution < 1.29 is 9.90 Å². The lowest BCUT2D eigenvalue weighted by atomic mass is 10.4. The van der Waals surface area contributed by atoms with Gasteiger partial charge >= 0.3 is 0 Å². The number of thiazole rings is 1. The monoisotopic (exact) mass is 281 g/mol. The summed E-state index contributed by atoms with van der Waals surface area (Å²) in [6, 6.07) is 0. The minimum Gasteiger partial charge on any atom is -0.390 e. The van der Waals surface area contributed by atoms with Crippen LogP contribution in [0.1, 0.15) is 25.2 Å². The number of nitrogens with zero attached hydrogens (tertiary/aromatic N) is 5. The normalized spacial score (nSPS) is 10.7. The number of hydrogen-bond acceptors (Lipinski definition) is 6. The minimum absolute atomic E-state index is 0.0216. The predicted molar refractivity (Wildman–Crippen MR) is 70.9 cm³/mol. The predicted octanol–water partition coefficient (Wildman–Crippen LogP) is 0.648. The van der Waals surface area contributed by atoms with Crippen molar-refractivity contribution in [3.63, 3.8) is 0 Å². The smallest absolute Gasteiger partial charge is 0.225 e. The third kappa shape index (κ3) is 3.15. The highest BCUT2D eigenvalue weighted by Gasteiger charge is 2.13. The molecule has 7 nitrogen and oxygen atoms in total. The molecule has 102 valence electrons. The van der Waals surface area contributed by atoms with Gasteiger partial charge in [0.05, 0.1) is 25.0 Å². The molecule has 0 aliphatic carbocycles. The van der Waals surface area contributed by atoms with Crippen LogP contribution in [-0.4, -0.2) is 37.5 Å². The van der Waals surface area contributed by atoms with Crippen molar-refractivity contribution in [1.29, 1.82) is 0 Å². The SMILES string of the molecule is CCN(C(C)=O)c1nc(Cn2cc(CO)nn2)cs1. The van der Waals surface area contributed by atoms with Gasteiger partial charge < -0.3 is 5.11 Å². The molecule has 19 heavy (non-hydrogen) atoms. The Balaban J connectivity index is 2.10. The van der Waals surface area contributed by atoms with Gasteiger partial charge in [-0.1, -0.05) is 5.21 Å². The van der Waals surface area contributed by atoms with E-state index in [4.69, 9.17) is 5.11 Å². The van der Waals surface area contributed by atoms with Crippen molar-refractivity contribution >= 4 is 22.4 Å². The zero-order valence-corrected chi connectivity index (χ0v) is 11.6.